The van der Waals surface area contributed by atoms with E-state index in [2.05, 4.69) is 0 Å². The Morgan fingerprint density at radius 1 is 1.20 bits per heavy atom. The summed E-state index contributed by atoms with van der Waals surface area (Å²) in [4.78, 5) is 12.4. The smallest absolute Gasteiger partial charge is 0.194 e. The van der Waals surface area contributed by atoms with E-state index in [1.165, 1.54) is 18.2 Å². The van der Waals surface area contributed by atoms with E-state index in [9.17, 15) is 9.18 Å². The molecule has 0 atom stereocenters. The maximum absolute atomic E-state index is 13.1. The molecule has 0 saturated carbocycles. The summed E-state index contributed by atoms with van der Waals surface area (Å²) in [5.41, 5.74) is 1.03. The predicted octanol–water partition coefficient (Wildman–Crippen LogP) is 4.45. The molecule has 0 N–H and O–H groups in total. The van der Waals surface area contributed by atoms with E-state index in [0.29, 0.717) is 20.4 Å². The molecule has 0 aliphatic rings. The number of rotatable bonds is 4. The molecule has 4 heteroatoms. The molecule has 0 aliphatic heterocycles. The Bertz CT molecular complexity index is 638. The van der Waals surface area contributed by atoms with E-state index in [4.69, 9.17) is 4.74 Å². The maximum atomic E-state index is 13.1. The Balaban J connectivity index is 2.33. The van der Waals surface area contributed by atoms with E-state index in [1.54, 1.807) is 18.2 Å². The third-order valence-electron chi connectivity index (χ3n) is 2.64. The lowest BCUT2D eigenvalue weighted by atomic mass is 10.0. The van der Waals surface area contributed by atoms with Gasteiger partial charge in [0.25, 0.3) is 0 Å². The molecule has 0 saturated heterocycles. The highest BCUT2D eigenvalue weighted by Gasteiger charge is 2.14. The molecular formula is C16H14FIO2. The number of ketones is 1. The summed E-state index contributed by atoms with van der Waals surface area (Å²) in [6, 6.07) is 11.2. The van der Waals surface area contributed by atoms with Gasteiger partial charge in [-0.3, -0.25) is 4.79 Å². The van der Waals surface area contributed by atoms with Crippen molar-refractivity contribution in [3.8, 4) is 5.75 Å². The van der Waals surface area contributed by atoms with E-state index in [1.807, 2.05) is 42.5 Å². The molecule has 2 aromatic rings. The lowest BCUT2D eigenvalue weighted by Crippen LogP contribution is -2.08. The van der Waals surface area contributed by atoms with Gasteiger partial charge in [-0.25, -0.2) is 4.39 Å². The van der Waals surface area contributed by atoms with Crippen LogP contribution in [0.25, 0.3) is 0 Å². The largest absolute Gasteiger partial charge is 0.491 e. The number of ether oxygens (including phenoxy) is 1. The molecule has 2 rings (SSSR count). The van der Waals surface area contributed by atoms with Gasteiger partial charge in [0.2, 0.25) is 0 Å². The molecule has 0 amide bonds. The predicted molar refractivity (Wildman–Crippen MR) is 84.8 cm³/mol. The molecule has 20 heavy (non-hydrogen) atoms. The summed E-state index contributed by atoms with van der Waals surface area (Å²) in [6.07, 6.45) is 0.0475. The zero-order valence-corrected chi connectivity index (χ0v) is 13.3. The quantitative estimate of drug-likeness (QED) is 0.575. The molecule has 104 valence electrons. The summed E-state index contributed by atoms with van der Waals surface area (Å²) >= 11 is 1.96. The van der Waals surface area contributed by atoms with Gasteiger partial charge >= 0.3 is 0 Å². The average Bonchev–Trinajstić information content (AvgIpc) is 2.37. The molecule has 0 fully saturated rings. The van der Waals surface area contributed by atoms with Gasteiger partial charge in [0.1, 0.15) is 11.6 Å². The standard InChI is InChI=1S/C16H14FIO2/c1-10(2)20-13-5-3-4-11(8-13)16(19)14-7-6-12(17)9-15(14)18/h3-10H,1-2H3. The van der Waals surface area contributed by atoms with Gasteiger partial charge in [0.05, 0.1) is 6.10 Å². The first kappa shape index (κ1) is 15.0. The van der Waals surface area contributed by atoms with Gasteiger partial charge in [-0.05, 0) is 66.8 Å². The second-order valence-electron chi connectivity index (χ2n) is 4.65. The van der Waals surface area contributed by atoms with E-state index < -0.39 is 0 Å². The van der Waals surface area contributed by atoms with Crippen molar-refractivity contribution < 1.29 is 13.9 Å². The van der Waals surface area contributed by atoms with Gasteiger partial charge < -0.3 is 4.74 Å². The van der Waals surface area contributed by atoms with Crippen LogP contribution in [-0.2, 0) is 0 Å². The Morgan fingerprint density at radius 3 is 2.60 bits per heavy atom. The fourth-order valence-electron chi connectivity index (χ4n) is 1.81. The van der Waals surface area contributed by atoms with E-state index in [-0.39, 0.29) is 17.7 Å². The number of halogens is 2. The van der Waals surface area contributed by atoms with E-state index >= 15 is 0 Å². The Morgan fingerprint density at radius 2 is 1.95 bits per heavy atom. The molecule has 0 aromatic heterocycles. The number of carbonyl (C=O) groups excluding carboxylic acids is 1. The highest BCUT2D eigenvalue weighted by Crippen LogP contribution is 2.21. The first-order valence-electron chi connectivity index (χ1n) is 6.24. The summed E-state index contributed by atoms with van der Waals surface area (Å²) in [7, 11) is 0. The summed E-state index contributed by atoms with van der Waals surface area (Å²) in [5.74, 6) is 0.175. The van der Waals surface area contributed by atoms with Crippen molar-refractivity contribution >= 4 is 28.4 Å². The zero-order valence-electron chi connectivity index (χ0n) is 11.2. The second-order valence-corrected chi connectivity index (χ2v) is 5.81. The SMILES string of the molecule is CC(C)Oc1cccc(C(=O)c2ccc(F)cc2I)c1. The zero-order chi connectivity index (χ0) is 14.7. The van der Waals surface area contributed by atoms with Crippen molar-refractivity contribution in [2.75, 3.05) is 0 Å². The molecule has 0 heterocycles. The van der Waals surface area contributed by atoms with Crippen LogP contribution in [0.4, 0.5) is 4.39 Å². The lowest BCUT2D eigenvalue weighted by Gasteiger charge is -2.11. The fraction of sp³-hybridized carbons (Fsp3) is 0.188. The molecule has 0 bridgehead atoms. The number of benzene rings is 2. The van der Waals surface area contributed by atoms with Crippen LogP contribution in [0.5, 0.6) is 5.75 Å². The Labute approximate surface area is 131 Å². The van der Waals surface area contributed by atoms with Crippen LogP contribution >= 0.6 is 22.6 Å². The van der Waals surface area contributed by atoms with Crippen molar-refractivity contribution in [1.29, 1.82) is 0 Å². The van der Waals surface area contributed by atoms with E-state index in [0.717, 1.165) is 0 Å². The Kier molecular flexibility index (Phi) is 4.75. The highest BCUT2D eigenvalue weighted by molar-refractivity contribution is 14.1. The number of hydrogen-bond acceptors (Lipinski definition) is 2. The third-order valence-corrected chi connectivity index (χ3v) is 3.54. The van der Waals surface area contributed by atoms with Crippen LogP contribution in [0, 0.1) is 9.39 Å². The summed E-state index contributed by atoms with van der Waals surface area (Å²) in [5, 5.41) is 0. The maximum Gasteiger partial charge on any atom is 0.194 e. The molecule has 0 radical (unpaired) electrons. The van der Waals surface area contributed by atoms with Crippen molar-refractivity contribution in [1.82, 2.24) is 0 Å². The number of carbonyl (C=O) groups is 1. The van der Waals surface area contributed by atoms with Gasteiger partial charge in [0, 0.05) is 14.7 Å². The summed E-state index contributed by atoms with van der Waals surface area (Å²) < 4.78 is 19.3. The van der Waals surface area contributed by atoms with Crippen molar-refractivity contribution in [3.63, 3.8) is 0 Å². The van der Waals surface area contributed by atoms with Crippen LogP contribution in [0.15, 0.2) is 42.5 Å². The van der Waals surface area contributed by atoms with Crippen LogP contribution in [0.2, 0.25) is 0 Å². The monoisotopic (exact) mass is 384 g/mol. The van der Waals surface area contributed by atoms with Gasteiger partial charge in [-0.2, -0.15) is 0 Å². The van der Waals surface area contributed by atoms with Crippen LogP contribution in [0.3, 0.4) is 0 Å². The molecule has 2 nitrogen and oxygen atoms in total. The first-order chi connectivity index (χ1) is 9.47. The fourth-order valence-corrected chi connectivity index (χ4v) is 2.53. The molecule has 0 spiro atoms. The Hall–Kier alpha value is -1.43. The minimum atomic E-state index is -0.345. The molecule has 2 aromatic carbocycles. The minimum absolute atomic E-state index is 0.0475. The lowest BCUT2D eigenvalue weighted by molar-refractivity contribution is 0.103. The molecule has 0 aliphatic carbocycles. The first-order valence-corrected chi connectivity index (χ1v) is 7.31. The third kappa shape index (κ3) is 3.56. The van der Waals surface area contributed by atoms with Gasteiger partial charge in [-0.15, -0.1) is 0 Å². The van der Waals surface area contributed by atoms with Gasteiger partial charge in [-0.1, -0.05) is 12.1 Å². The average molecular weight is 384 g/mol. The topological polar surface area (TPSA) is 26.3 Å². The minimum Gasteiger partial charge on any atom is -0.491 e. The highest BCUT2D eigenvalue weighted by atomic mass is 127. The molecular weight excluding hydrogens is 370 g/mol. The van der Waals surface area contributed by atoms with Gasteiger partial charge in [0.15, 0.2) is 5.78 Å². The van der Waals surface area contributed by atoms with Crippen molar-refractivity contribution in [3.05, 3.63) is 63.0 Å². The van der Waals surface area contributed by atoms with Crippen LogP contribution < -0.4 is 4.74 Å². The van der Waals surface area contributed by atoms with Crippen LogP contribution in [-0.4, -0.2) is 11.9 Å². The molecule has 0 unspecified atom stereocenters. The normalized spacial score (nSPS) is 10.7. The second kappa shape index (κ2) is 6.35. The summed E-state index contributed by atoms with van der Waals surface area (Å²) in [6.45, 7) is 3.86. The van der Waals surface area contributed by atoms with Crippen LogP contribution in [0.1, 0.15) is 29.8 Å². The van der Waals surface area contributed by atoms with Crippen molar-refractivity contribution in [2.24, 2.45) is 0 Å². The number of hydrogen-bond donors (Lipinski definition) is 0. The van der Waals surface area contributed by atoms with Crippen molar-refractivity contribution in [2.45, 2.75) is 20.0 Å².